The second kappa shape index (κ2) is 5.40. The van der Waals surface area contributed by atoms with Crippen LogP contribution in [-0.2, 0) is 6.42 Å². The summed E-state index contributed by atoms with van der Waals surface area (Å²) in [5.41, 5.74) is 1.19. The average Bonchev–Trinajstić information content (AvgIpc) is 2.94. The van der Waals surface area contributed by atoms with Gasteiger partial charge in [-0.1, -0.05) is 41.8 Å². The molecule has 1 N–H and O–H groups in total. The minimum absolute atomic E-state index is 0.673. The standard InChI is InChI=1S/C15H19Cl2N/c16-13-6-2-3-10(15(13)17)7-8-14-12-5-1-4-11(12)9-18-14/h2-3,6,11-12,14,18H,1,4-5,7-9H2. The van der Waals surface area contributed by atoms with Gasteiger partial charge in [-0.05, 0) is 55.7 Å². The molecule has 3 unspecified atom stereocenters. The molecule has 0 radical (unpaired) electrons. The topological polar surface area (TPSA) is 12.0 Å². The summed E-state index contributed by atoms with van der Waals surface area (Å²) in [5.74, 6) is 1.84. The van der Waals surface area contributed by atoms with Crippen LogP contribution in [0, 0.1) is 11.8 Å². The molecule has 2 fully saturated rings. The number of benzene rings is 1. The van der Waals surface area contributed by atoms with Gasteiger partial charge in [-0.3, -0.25) is 0 Å². The Morgan fingerprint density at radius 1 is 1.22 bits per heavy atom. The van der Waals surface area contributed by atoms with Crippen molar-refractivity contribution in [3.8, 4) is 0 Å². The van der Waals surface area contributed by atoms with Crippen LogP contribution in [0.1, 0.15) is 31.2 Å². The van der Waals surface area contributed by atoms with E-state index in [4.69, 9.17) is 23.2 Å². The van der Waals surface area contributed by atoms with Gasteiger partial charge in [-0.15, -0.1) is 0 Å². The molecule has 3 rings (SSSR count). The van der Waals surface area contributed by atoms with E-state index in [1.165, 1.54) is 37.8 Å². The minimum Gasteiger partial charge on any atom is -0.313 e. The van der Waals surface area contributed by atoms with Crippen LogP contribution in [0.5, 0.6) is 0 Å². The van der Waals surface area contributed by atoms with Crippen molar-refractivity contribution in [2.24, 2.45) is 11.8 Å². The van der Waals surface area contributed by atoms with E-state index in [-0.39, 0.29) is 0 Å². The van der Waals surface area contributed by atoms with Gasteiger partial charge in [-0.25, -0.2) is 0 Å². The summed E-state index contributed by atoms with van der Waals surface area (Å²) < 4.78 is 0. The van der Waals surface area contributed by atoms with E-state index in [1.54, 1.807) is 0 Å². The molecule has 1 heterocycles. The highest BCUT2D eigenvalue weighted by molar-refractivity contribution is 6.42. The molecule has 1 aromatic carbocycles. The van der Waals surface area contributed by atoms with Gasteiger partial charge < -0.3 is 5.32 Å². The Kier molecular flexibility index (Phi) is 3.83. The van der Waals surface area contributed by atoms with Crippen molar-refractivity contribution in [3.63, 3.8) is 0 Å². The maximum atomic E-state index is 6.24. The van der Waals surface area contributed by atoms with Gasteiger partial charge in [-0.2, -0.15) is 0 Å². The van der Waals surface area contributed by atoms with Crippen molar-refractivity contribution in [2.45, 2.75) is 38.1 Å². The van der Waals surface area contributed by atoms with Gasteiger partial charge in [0.05, 0.1) is 10.0 Å². The quantitative estimate of drug-likeness (QED) is 0.872. The van der Waals surface area contributed by atoms with E-state index in [0.717, 1.165) is 23.3 Å². The maximum Gasteiger partial charge on any atom is 0.0624 e. The summed E-state index contributed by atoms with van der Waals surface area (Å²) in [7, 11) is 0. The molecule has 0 aromatic heterocycles. The smallest absolute Gasteiger partial charge is 0.0624 e. The Bertz CT molecular complexity index is 433. The van der Waals surface area contributed by atoms with Crippen molar-refractivity contribution in [1.29, 1.82) is 0 Å². The highest BCUT2D eigenvalue weighted by Gasteiger charge is 2.38. The van der Waals surface area contributed by atoms with Crippen molar-refractivity contribution >= 4 is 23.2 Å². The van der Waals surface area contributed by atoms with Gasteiger partial charge >= 0.3 is 0 Å². The SMILES string of the molecule is Clc1cccc(CCC2NCC3CCCC32)c1Cl. The van der Waals surface area contributed by atoms with E-state index in [9.17, 15) is 0 Å². The predicted molar refractivity (Wildman–Crippen MR) is 77.4 cm³/mol. The number of fused-ring (bicyclic) bond motifs is 1. The van der Waals surface area contributed by atoms with Gasteiger partial charge in [0.25, 0.3) is 0 Å². The number of hydrogen-bond acceptors (Lipinski definition) is 1. The van der Waals surface area contributed by atoms with E-state index < -0.39 is 0 Å². The number of rotatable bonds is 3. The molecular formula is C15H19Cl2N. The number of halogens is 2. The largest absolute Gasteiger partial charge is 0.313 e. The van der Waals surface area contributed by atoms with E-state index in [1.807, 2.05) is 12.1 Å². The third kappa shape index (κ3) is 2.41. The summed E-state index contributed by atoms with van der Waals surface area (Å²) in [5, 5.41) is 5.10. The Hall–Kier alpha value is -0.240. The summed E-state index contributed by atoms with van der Waals surface area (Å²) >= 11 is 12.3. The lowest BCUT2D eigenvalue weighted by Crippen LogP contribution is -2.27. The molecule has 1 aliphatic heterocycles. The molecule has 1 saturated heterocycles. The van der Waals surface area contributed by atoms with Gasteiger partial charge in [0, 0.05) is 6.04 Å². The number of aryl methyl sites for hydroxylation is 1. The lowest BCUT2D eigenvalue weighted by atomic mass is 9.90. The highest BCUT2D eigenvalue weighted by Crippen LogP contribution is 2.39. The minimum atomic E-state index is 0.673. The van der Waals surface area contributed by atoms with Crippen LogP contribution >= 0.6 is 23.2 Å². The summed E-state index contributed by atoms with van der Waals surface area (Å²) in [4.78, 5) is 0. The van der Waals surface area contributed by atoms with E-state index >= 15 is 0 Å². The van der Waals surface area contributed by atoms with Crippen LogP contribution in [0.15, 0.2) is 18.2 Å². The van der Waals surface area contributed by atoms with Crippen LogP contribution in [0.4, 0.5) is 0 Å². The fraction of sp³-hybridized carbons (Fsp3) is 0.600. The van der Waals surface area contributed by atoms with Crippen LogP contribution in [0.3, 0.4) is 0 Å². The summed E-state index contributed by atoms with van der Waals surface area (Å²) in [6, 6.07) is 6.63. The van der Waals surface area contributed by atoms with Gasteiger partial charge in [0.15, 0.2) is 0 Å². The molecule has 0 spiro atoms. The predicted octanol–water partition coefficient (Wildman–Crippen LogP) is 4.31. The monoisotopic (exact) mass is 283 g/mol. The Morgan fingerprint density at radius 2 is 2.11 bits per heavy atom. The van der Waals surface area contributed by atoms with E-state index in [2.05, 4.69) is 11.4 Å². The molecule has 0 bridgehead atoms. The van der Waals surface area contributed by atoms with Crippen molar-refractivity contribution in [3.05, 3.63) is 33.8 Å². The molecule has 1 aromatic rings. The zero-order chi connectivity index (χ0) is 12.5. The molecule has 3 heteroatoms. The molecule has 98 valence electrons. The first-order valence-corrected chi connectivity index (χ1v) is 7.67. The molecule has 1 aliphatic carbocycles. The van der Waals surface area contributed by atoms with Crippen LogP contribution < -0.4 is 5.32 Å². The first-order valence-electron chi connectivity index (χ1n) is 6.92. The lowest BCUT2D eigenvalue weighted by molar-refractivity contribution is 0.393. The van der Waals surface area contributed by atoms with Crippen molar-refractivity contribution in [1.82, 2.24) is 5.32 Å². The normalized spacial score (nSPS) is 30.7. The Morgan fingerprint density at radius 3 is 3.00 bits per heavy atom. The fourth-order valence-corrected chi connectivity index (χ4v) is 4.09. The molecule has 3 atom stereocenters. The van der Waals surface area contributed by atoms with Gasteiger partial charge in [0.1, 0.15) is 0 Å². The lowest BCUT2D eigenvalue weighted by Gasteiger charge is -2.18. The molecular weight excluding hydrogens is 265 g/mol. The highest BCUT2D eigenvalue weighted by atomic mass is 35.5. The molecule has 18 heavy (non-hydrogen) atoms. The number of nitrogens with one attached hydrogen (secondary N) is 1. The molecule has 0 amide bonds. The molecule has 1 saturated carbocycles. The maximum absolute atomic E-state index is 6.24. The van der Waals surface area contributed by atoms with Gasteiger partial charge in [0.2, 0.25) is 0 Å². The third-order valence-corrected chi connectivity index (χ3v) is 5.49. The molecule has 2 aliphatic rings. The van der Waals surface area contributed by atoms with Crippen LogP contribution in [0.25, 0.3) is 0 Å². The second-order valence-electron chi connectivity index (χ2n) is 5.62. The zero-order valence-corrected chi connectivity index (χ0v) is 12.0. The fourth-order valence-electron chi connectivity index (χ4n) is 3.67. The Labute approximate surface area is 119 Å². The number of hydrogen-bond donors (Lipinski definition) is 1. The second-order valence-corrected chi connectivity index (χ2v) is 6.41. The summed E-state index contributed by atoms with van der Waals surface area (Å²) in [6.45, 7) is 1.22. The average molecular weight is 284 g/mol. The van der Waals surface area contributed by atoms with Crippen molar-refractivity contribution < 1.29 is 0 Å². The van der Waals surface area contributed by atoms with E-state index in [0.29, 0.717) is 11.1 Å². The van der Waals surface area contributed by atoms with Crippen LogP contribution in [0.2, 0.25) is 10.0 Å². The van der Waals surface area contributed by atoms with Crippen molar-refractivity contribution in [2.75, 3.05) is 6.54 Å². The van der Waals surface area contributed by atoms with Crippen LogP contribution in [-0.4, -0.2) is 12.6 Å². The summed E-state index contributed by atoms with van der Waals surface area (Å²) in [6.07, 6.45) is 6.46. The zero-order valence-electron chi connectivity index (χ0n) is 10.5. The Balaban J connectivity index is 1.63. The first kappa shape index (κ1) is 12.8. The third-order valence-electron chi connectivity index (χ3n) is 4.63. The molecule has 1 nitrogen and oxygen atoms in total. The first-order chi connectivity index (χ1) is 8.75.